The van der Waals surface area contributed by atoms with Crippen molar-refractivity contribution in [1.29, 1.82) is 0 Å². The summed E-state index contributed by atoms with van der Waals surface area (Å²) < 4.78 is 2.04. The van der Waals surface area contributed by atoms with Crippen LogP contribution in [0.5, 0.6) is 0 Å². The molecule has 1 aromatic heterocycles. The SMILES string of the molecule is Cn1cnnc1C1CN(C(=O)C2CCC2)CC12CCCC2. The highest BCUT2D eigenvalue weighted by Crippen LogP contribution is 2.53. The fraction of sp³-hybridized carbons (Fsp3) is 0.812. The van der Waals surface area contributed by atoms with E-state index in [0.717, 1.165) is 31.8 Å². The average molecular weight is 288 g/mol. The monoisotopic (exact) mass is 288 g/mol. The van der Waals surface area contributed by atoms with Crippen molar-refractivity contribution in [2.24, 2.45) is 18.4 Å². The Morgan fingerprint density at radius 3 is 2.62 bits per heavy atom. The highest BCUT2D eigenvalue weighted by molar-refractivity contribution is 5.80. The molecule has 5 heteroatoms. The molecule has 3 fully saturated rings. The van der Waals surface area contributed by atoms with Crippen LogP contribution in [0.25, 0.3) is 0 Å². The minimum absolute atomic E-state index is 0.264. The highest BCUT2D eigenvalue weighted by Gasteiger charge is 2.52. The summed E-state index contributed by atoms with van der Waals surface area (Å²) in [7, 11) is 2.02. The van der Waals surface area contributed by atoms with Crippen LogP contribution in [0.3, 0.4) is 0 Å². The molecule has 1 aliphatic heterocycles. The summed E-state index contributed by atoms with van der Waals surface area (Å²) in [5.41, 5.74) is 0.264. The fourth-order valence-corrected chi connectivity index (χ4v) is 4.60. The predicted molar refractivity (Wildman–Crippen MR) is 78.6 cm³/mol. The molecule has 1 unspecified atom stereocenters. The van der Waals surface area contributed by atoms with Crippen LogP contribution in [0, 0.1) is 11.3 Å². The molecule has 2 aliphatic carbocycles. The van der Waals surface area contributed by atoms with Gasteiger partial charge in [0, 0.05) is 32.0 Å². The maximum Gasteiger partial charge on any atom is 0.225 e. The lowest BCUT2D eigenvalue weighted by molar-refractivity contribution is -0.137. The minimum Gasteiger partial charge on any atom is -0.341 e. The van der Waals surface area contributed by atoms with E-state index in [-0.39, 0.29) is 5.41 Å². The van der Waals surface area contributed by atoms with Gasteiger partial charge in [-0.05, 0) is 31.1 Å². The number of carbonyl (C=O) groups excluding carboxylic acids is 1. The maximum absolute atomic E-state index is 12.7. The van der Waals surface area contributed by atoms with E-state index in [4.69, 9.17) is 0 Å². The first-order valence-corrected chi connectivity index (χ1v) is 8.32. The zero-order chi connectivity index (χ0) is 14.4. The number of nitrogens with zero attached hydrogens (tertiary/aromatic N) is 4. The van der Waals surface area contributed by atoms with Crippen molar-refractivity contribution in [2.75, 3.05) is 13.1 Å². The highest BCUT2D eigenvalue weighted by atomic mass is 16.2. The van der Waals surface area contributed by atoms with Crippen LogP contribution in [-0.4, -0.2) is 38.7 Å². The summed E-state index contributed by atoms with van der Waals surface area (Å²) in [5.74, 6) is 2.15. The molecule has 0 bridgehead atoms. The second-order valence-corrected chi connectivity index (χ2v) is 7.27. The van der Waals surface area contributed by atoms with Crippen molar-refractivity contribution in [1.82, 2.24) is 19.7 Å². The third kappa shape index (κ3) is 2.00. The van der Waals surface area contributed by atoms with Gasteiger partial charge < -0.3 is 9.47 Å². The number of aryl methyl sites for hydroxylation is 1. The fourth-order valence-electron chi connectivity index (χ4n) is 4.60. The van der Waals surface area contributed by atoms with E-state index in [1.807, 2.05) is 11.6 Å². The van der Waals surface area contributed by atoms with Gasteiger partial charge in [0.15, 0.2) is 0 Å². The van der Waals surface area contributed by atoms with Crippen molar-refractivity contribution in [2.45, 2.75) is 50.9 Å². The van der Waals surface area contributed by atoms with Gasteiger partial charge in [-0.2, -0.15) is 0 Å². The van der Waals surface area contributed by atoms with Gasteiger partial charge in [-0.3, -0.25) is 4.79 Å². The van der Waals surface area contributed by atoms with Crippen molar-refractivity contribution >= 4 is 5.91 Å². The van der Waals surface area contributed by atoms with Crippen LogP contribution in [0.4, 0.5) is 0 Å². The summed E-state index contributed by atoms with van der Waals surface area (Å²) in [6.07, 6.45) is 10.3. The van der Waals surface area contributed by atoms with Crippen molar-refractivity contribution in [3.05, 3.63) is 12.2 Å². The predicted octanol–water partition coefficient (Wildman–Crippen LogP) is 2.10. The maximum atomic E-state index is 12.7. The quantitative estimate of drug-likeness (QED) is 0.837. The second-order valence-electron chi connectivity index (χ2n) is 7.27. The Kier molecular flexibility index (Phi) is 3.05. The lowest BCUT2D eigenvalue weighted by Crippen LogP contribution is -2.38. The molecular weight excluding hydrogens is 264 g/mol. The molecule has 0 radical (unpaired) electrons. The summed E-state index contributed by atoms with van der Waals surface area (Å²) in [6, 6.07) is 0. The van der Waals surface area contributed by atoms with E-state index in [0.29, 0.717) is 17.7 Å². The number of carbonyl (C=O) groups is 1. The third-order valence-corrected chi connectivity index (χ3v) is 6.07. The lowest BCUT2D eigenvalue weighted by atomic mass is 9.76. The molecule has 1 aromatic rings. The number of aromatic nitrogens is 3. The topological polar surface area (TPSA) is 51.0 Å². The Bertz CT molecular complexity index is 542. The summed E-state index contributed by atoms with van der Waals surface area (Å²) in [5, 5.41) is 8.43. The summed E-state index contributed by atoms with van der Waals surface area (Å²) in [6.45, 7) is 1.79. The second kappa shape index (κ2) is 4.82. The first-order chi connectivity index (χ1) is 10.2. The van der Waals surface area contributed by atoms with Gasteiger partial charge in [-0.25, -0.2) is 0 Å². The van der Waals surface area contributed by atoms with E-state index in [2.05, 4.69) is 15.1 Å². The molecule has 1 amide bonds. The van der Waals surface area contributed by atoms with E-state index >= 15 is 0 Å². The Morgan fingerprint density at radius 2 is 2.05 bits per heavy atom. The third-order valence-electron chi connectivity index (χ3n) is 6.07. The largest absolute Gasteiger partial charge is 0.341 e. The van der Waals surface area contributed by atoms with Crippen LogP contribution in [0.2, 0.25) is 0 Å². The van der Waals surface area contributed by atoms with Crippen molar-refractivity contribution in [3.8, 4) is 0 Å². The van der Waals surface area contributed by atoms with E-state index in [1.54, 1.807) is 6.33 Å². The van der Waals surface area contributed by atoms with Crippen molar-refractivity contribution in [3.63, 3.8) is 0 Å². The molecule has 5 nitrogen and oxygen atoms in total. The average Bonchev–Trinajstić information content (AvgIpc) is 3.10. The molecule has 0 N–H and O–H groups in total. The number of rotatable bonds is 2. The van der Waals surface area contributed by atoms with Gasteiger partial charge in [0.25, 0.3) is 0 Å². The molecule has 0 aromatic carbocycles. The molecule has 4 rings (SSSR count). The normalized spacial score (nSPS) is 28.2. The number of amides is 1. The number of hydrogen-bond donors (Lipinski definition) is 0. The number of likely N-dealkylation sites (tertiary alicyclic amines) is 1. The Morgan fingerprint density at radius 1 is 1.29 bits per heavy atom. The van der Waals surface area contributed by atoms with Crippen LogP contribution in [-0.2, 0) is 11.8 Å². The van der Waals surface area contributed by atoms with Gasteiger partial charge in [-0.1, -0.05) is 19.3 Å². The molecule has 3 aliphatic rings. The summed E-state index contributed by atoms with van der Waals surface area (Å²) in [4.78, 5) is 14.8. The van der Waals surface area contributed by atoms with E-state index in [9.17, 15) is 4.79 Å². The van der Waals surface area contributed by atoms with Crippen molar-refractivity contribution < 1.29 is 4.79 Å². The zero-order valence-electron chi connectivity index (χ0n) is 12.8. The molecule has 114 valence electrons. The Hall–Kier alpha value is -1.39. The molecule has 2 saturated carbocycles. The zero-order valence-corrected chi connectivity index (χ0v) is 12.8. The van der Waals surface area contributed by atoms with Crippen LogP contribution in [0.15, 0.2) is 6.33 Å². The van der Waals surface area contributed by atoms with Crippen LogP contribution in [0.1, 0.15) is 56.7 Å². The molecule has 2 heterocycles. The molecule has 1 spiro atoms. The lowest BCUT2D eigenvalue weighted by Gasteiger charge is -2.31. The Balaban J connectivity index is 1.62. The Labute approximate surface area is 125 Å². The first-order valence-electron chi connectivity index (χ1n) is 8.32. The molecular formula is C16H24N4O. The molecule has 1 saturated heterocycles. The molecule has 21 heavy (non-hydrogen) atoms. The van der Waals surface area contributed by atoms with Crippen LogP contribution >= 0.6 is 0 Å². The van der Waals surface area contributed by atoms with Gasteiger partial charge >= 0.3 is 0 Å². The molecule has 1 atom stereocenters. The van der Waals surface area contributed by atoms with E-state index in [1.165, 1.54) is 32.1 Å². The van der Waals surface area contributed by atoms with Gasteiger partial charge in [0.05, 0.1) is 0 Å². The van der Waals surface area contributed by atoms with Gasteiger partial charge in [0.2, 0.25) is 5.91 Å². The van der Waals surface area contributed by atoms with Gasteiger partial charge in [0.1, 0.15) is 12.2 Å². The number of hydrogen-bond acceptors (Lipinski definition) is 3. The standard InChI is InChI=1S/C16H24N4O/c1-19-11-17-18-14(19)13-9-20(15(21)12-5-4-6-12)10-16(13)7-2-3-8-16/h11-13H,2-10H2,1H3. The first kappa shape index (κ1) is 13.3. The minimum atomic E-state index is 0.264. The van der Waals surface area contributed by atoms with E-state index < -0.39 is 0 Å². The van der Waals surface area contributed by atoms with Gasteiger partial charge in [-0.15, -0.1) is 10.2 Å². The summed E-state index contributed by atoms with van der Waals surface area (Å²) >= 11 is 0. The smallest absolute Gasteiger partial charge is 0.225 e. The van der Waals surface area contributed by atoms with Crippen LogP contribution < -0.4 is 0 Å².